The zero-order valence-electron chi connectivity index (χ0n) is 11.4. The number of nitrogens with one attached hydrogen (secondary N) is 2. The molecule has 0 fully saturated rings. The normalized spacial score (nSPS) is 10.2. The van der Waals surface area contributed by atoms with Crippen LogP contribution in [0.3, 0.4) is 0 Å². The van der Waals surface area contributed by atoms with Crippen molar-refractivity contribution in [2.45, 2.75) is 6.92 Å². The number of benzene rings is 1. The Morgan fingerprint density at radius 2 is 2.00 bits per heavy atom. The molecule has 1 rings (SSSR count). The maximum absolute atomic E-state index is 13.4. The minimum Gasteiger partial charge on any atom is -0.382 e. The molecule has 0 atom stereocenters. The summed E-state index contributed by atoms with van der Waals surface area (Å²) < 4.78 is 23.2. The molecule has 110 valence electrons. The number of anilines is 2. The molecule has 0 aromatic heterocycles. The van der Waals surface area contributed by atoms with E-state index in [0.29, 0.717) is 18.9 Å². The summed E-state index contributed by atoms with van der Waals surface area (Å²) >= 11 is 0. The topological polar surface area (TPSA) is 76.7 Å². The Morgan fingerprint density at radius 3 is 2.65 bits per heavy atom. The van der Waals surface area contributed by atoms with Gasteiger partial charge in [0.15, 0.2) is 0 Å². The average molecular weight is 284 g/mol. The van der Waals surface area contributed by atoms with Gasteiger partial charge in [0.25, 0.3) is 0 Å². The van der Waals surface area contributed by atoms with E-state index in [1.165, 1.54) is 26.2 Å². The van der Waals surface area contributed by atoms with E-state index in [0.717, 1.165) is 6.07 Å². The van der Waals surface area contributed by atoms with E-state index in [1.54, 1.807) is 0 Å². The second-order valence-electron chi connectivity index (χ2n) is 3.97. The highest BCUT2D eigenvalue weighted by Gasteiger charge is 2.07. The summed E-state index contributed by atoms with van der Waals surface area (Å²) in [7, 11) is 1.53. The molecule has 0 aliphatic heterocycles. The zero-order chi connectivity index (χ0) is 15.0. The SMILES string of the molecule is COCCOCC(=O)Nc1ccc(F)c(NC(C)=O)c1. The first-order valence-corrected chi connectivity index (χ1v) is 5.96. The molecule has 0 radical (unpaired) electrons. The molecule has 20 heavy (non-hydrogen) atoms. The largest absolute Gasteiger partial charge is 0.382 e. The van der Waals surface area contributed by atoms with E-state index in [9.17, 15) is 14.0 Å². The number of amides is 2. The van der Waals surface area contributed by atoms with Crippen molar-refractivity contribution in [2.75, 3.05) is 37.6 Å². The average Bonchev–Trinajstić information content (AvgIpc) is 2.38. The second-order valence-corrected chi connectivity index (χ2v) is 3.97. The molecule has 1 aromatic rings. The van der Waals surface area contributed by atoms with Gasteiger partial charge in [0, 0.05) is 19.7 Å². The van der Waals surface area contributed by atoms with Crippen molar-refractivity contribution in [2.24, 2.45) is 0 Å². The van der Waals surface area contributed by atoms with E-state index in [4.69, 9.17) is 9.47 Å². The van der Waals surface area contributed by atoms with Crippen molar-refractivity contribution in [3.05, 3.63) is 24.0 Å². The fourth-order valence-corrected chi connectivity index (χ4v) is 1.39. The molecule has 0 aliphatic carbocycles. The summed E-state index contributed by atoms with van der Waals surface area (Å²) in [6, 6.07) is 3.89. The molecule has 2 amide bonds. The molecule has 0 bridgehead atoms. The first-order valence-electron chi connectivity index (χ1n) is 5.96. The molecule has 2 N–H and O–H groups in total. The third kappa shape index (κ3) is 5.77. The monoisotopic (exact) mass is 284 g/mol. The predicted molar refractivity (Wildman–Crippen MR) is 72.0 cm³/mol. The van der Waals surface area contributed by atoms with Crippen LogP contribution in [-0.4, -0.2) is 38.7 Å². The number of halogens is 1. The summed E-state index contributed by atoms with van der Waals surface area (Å²) in [6.45, 7) is 1.85. The molecule has 0 unspecified atom stereocenters. The van der Waals surface area contributed by atoms with Gasteiger partial charge >= 0.3 is 0 Å². The minimum atomic E-state index is -0.574. The van der Waals surface area contributed by atoms with Crippen LogP contribution in [0.25, 0.3) is 0 Å². The fraction of sp³-hybridized carbons (Fsp3) is 0.385. The van der Waals surface area contributed by atoms with Gasteiger partial charge in [-0.25, -0.2) is 4.39 Å². The standard InChI is InChI=1S/C13H17FN2O4/c1-9(17)15-12-7-10(3-4-11(12)14)16-13(18)8-20-6-5-19-2/h3-4,7H,5-6,8H2,1-2H3,(H,15,17)(H,16,18). The van der Waals surface area contributed by atoms with Crippen LogP contribution in [0, 0.1) is 5.82 Å². The maximum atomic E-state index is 13.4. The molecule has 0 aliphatic rings. The van der Waals surface area contributed by atoms with Crippen molar-refractivity contribution >= 4 is 23.2 Å². The van der Waals surface area contributed by atoms with Gasteiger partial charge < -0.3 is 20.1 Å². The first kappa shape index (κ1) is 16.1. The number of hydrogen-bond acceptors (Lipinski definition) is 4. The zero-order valence-corrected chi connectivity index (χ0v) is 11.4. The highest BCUT2D eigenvalue weighted by molar-refractivity contribution is 5.94. The molecule has 0 saturated carbocycles. The van der Waals surface area contributed by atoms with Crippen LogP contribution < -0.4 is 10.6 Å². The van der Waals surface area contributed by atoms with Crippen LogP contribution in [0.5, 0.6) is 0 Å². The van der Waals surface area contributed by atoms with Gasteiger partial charge in [0.05, 0.1) is 18.9 Å². The molecule has 7 heteroatoms. The van der Waals surface area contributed by atoms with Crippen molar-refractivity contribution in [3.63, 3.8) is 0 Å². The van der Waals surface area contributed by atoms with Gasteiger partial charge in [-0.15, -0.1) is 0 Å². The molecule has 1 aromatic carbocycles. The van der Waals surface area contributed by atoms with Gasteiger partial charge in [0.2, 0.25) is 11.8 Å². The van der Waals surface area contributed by atoms with Crippen LogP contribution in [-0.2, 0) is 19.1 Å². The second kappa shape index (κ2) is 8.23. The highest BCUT2D eigenvalue weighted by Crippen LogP contribution is 2.19. The minimum absolute atomic E-state index is 0.00982. The Balaban J connectivity index is 2.54. The van der Waals surface area contributed by atoms with E-state index < -0.39 is 11.7 Å². The fourth-order valence-electron chi connectivity index (χ4n) is 1.39. The Hall–Kier alpha value is -1.99. The van der Waals surface area contributed by atoms with Gasteiger partial charge in [0.1, 0.15) is 12.4 Å². The lowest BCUT2D eigenvalue weighted by molar-refractivity contribution is -0.121. The molecule has 0 spiro atoms. The Morgan fingerprint density at radius 1 is 1.25 bits per heavy atom. The Kier molecular flexibility index (Phi) is 6.61. The summed E-state index contributed by atoms with van der Waals surface area (Å²) in [6.07, 6.45) is 0. The lowest BCUT2D eigenvalue weighted by Crippen LogP contribution is -2.19. The first-order chi connectivity index (χ1) is 9.52. The number of rotatable bonds is 7. The summed E-state index contributed by atoms with van der Waals surface area (Å²) in [5.74, 6) is -1.34. The van der Waals surface area contributed by atoms with E-state index in [-0.39, 0.29) is 18.2 Å². The highest BCUT2D eigenvalue weighted by atomic mass is 19.1. The number of hydrogen-bond donors (Lipinski definition) is 2. The maximum Gasteiger partial charge on any atom is 0.250 e. The number of ether oxygens (including phenoxy) is 2. The number of carbonyl (C=O) groups excluding carboxylic acids is 2. The third-order valence-corrected chi connectivity index (χ3v) is 2.23. The third-order valence-electron chi connectivity index (χ3n) is 2.23. The molecular weight excluding hydrogens is 267 g/mol. The van der Waals surface area contributed by atoms with Crippen LogP contribution in [0.2, 0.25) is 0 Å². The summed E-state index contributed by atoms with van der Waals surface area (Å²) in [5.41, 5.74) is 0.381. The van der Waals surface area contributed by atoms with Gasteiger partial charge in [-0.05, 0) is 18.2 Å². The lowest BCUT2D eigenvalue weighted by Gasteiger charge is -2.09. The van der Waals surface area contributed by atoms with Gasteiger partial charge in [-0.1, -0.05) is 0 Å². The van der Waals surface area contributed by atoms with Crippen molar-refractivity contribution < 1.29 is 23.5 Å². The molecule has 0 heterocycles. The number of methoxy groups -OCH3 is 1. The van der Waals surface area contributed by atoms with Crippen molar-refractivity contribution in [1.82, 2.24) is 0 Å². The van der Waals surface area contributed by atoms with Crippen LogP contribution in [0.1, 0.15) is 6.92 Å². The molecular formula is C13H17FN2O4. The van der Waals surface area contributed by atoms with E-state index in [2.05, 4.69) is 10.6 Å². The van der Waals surface area contributed by atoms with Gasteiger partial charge in [-0.3, -0.25) is 9.59 Å². The summed E-state index contributed by atoms with van der Waals surface area (Å²) in [4.78, 5) is 22.4. The number of carbonyl (C=O) groups is 2. The van der Waals surface area contributed by atoms with E-state index in [1.807, 2.05) is 0 Å². The van der Waals surface area contributed by atoms with Gasteiger partial charge in [-0.2, -0.15) is 0 Å². The van der Waals surface area contributed by atoms with Crippen molar-refractivity contribution in [3.8, 4) is 0 Å². The Labute approximate surface area is 116 Å². The Bertz CT molecular complexity index is 479. The smallest absolute Gasteiger partial charge is 0.250 e. The van der Waals surface area contributed by atoms with Crippen LogP contribution in [0.4, 0.5) is 15.8 Å². The molecule has 0 saturated heterocycles. The summed E-state index contributed by atoms with van der Waals surface area (Å²) in [5, 5.41) is 4.87. The quantitative estimate of drug-likeness (QED) is 0.742. The van der Waals surface area contributed by atoms with Crippen molar-refractivity contribution in [1.29, 1.82) is 0 Å². The predicted octanol–water partition coefficient (Wildman–Crippen LogP) is 1.39. The van der Waals surface area contributed by atoms with Crippen LogP contribution in [0.15, 0.2) is 18.2 Å². The molecule has 6 nitrogen and oxygen atoms in total. The van der Waals surface area contributed by atoms with Crippen LogP contribution >= 0.6 is 0 Å². The lowest BCUT2D eigenvalue weighted by atomic mass is 10.2. The van der Waals surface area contributed by atoms with E-state index >= 15 is 0 Å².